The van der Waals surface area contributed by atoms with Crippen LogP contribution >= 0.6 is 0 Å². The Hall–Kier alpha value is -0.930. The molecule has 0 saturated carbocycles. The lowest BCUT2D eigenvalue weighted by atomic mass is 9.98. The van der Waals surface area contributed by atoms with Crippen molar-refractivity contribution in [1.82, 2.24) is 4.90 Å². The van der Waals surface area contributed by atoms with E-state index in [2.05, 4.69) is 25.7 Å². The van der Waals surface area contributed by atoms with E-state index in [0.29, 0.717) is 5.92 Å². The van der Waals surface area contributed by atoms with Crippen LogP contribution in [0, 0.1) is 11.7 Å². The first-order valence-electron chi connectivity index (χ1n) is 6.70. The molecule has 0 aliphatic heterocycles. The quantitative estimate of drug-likeness (QED) is 0.842. The van der Waals surface area contributed by atoms with Gasteiger partial charge in [0.15, 0.2) is 0 Å². The Morgan fingerprint density at radius 3 is 2.39 bits per heavy atom. The molecule has 0 spiro atoms. The van der Waals surface area contributed by atoms with Gasteiger partial charge in [0, 0.05) is 18.6 Å². The highest BCUT2D eigenvalue weighted by atomic mass is 19.1. The zero-order chi connectivity index (χ0) is 13.7. The van der Waals surface area contributed by atoms with E-state index in [0.717, 1.165) is 18.7 Å². The third kappa shape index (κ3) is 4.07. The Kier molecular flexibility index (Phi) is 5.76. The number of hydrogen-bond acceptors (Lipinski definition) is 2. The van der Waals surface area contributed by atoms with Crippen molar-refractivity contribution >= 4 is 0 Å². The molecule has 0 aromatic heterocycles. The van der Waals surface area contributed by atoms with Gasteiger partial charge in [0.1, 0.15) is 5.82 Å². The molecule has 2 N–H and O–H groups in total. The predicted octanol–water partition coefficient (Wildman–Crippen LogP) is 3.19. The van der Waals surface area contributed by atoms with E-state index in [9.17, 15) is 4.39 Å². The number of rotatable bonds is 6. The molecule has 0 aliphatic carbocycles. The van der Waals surface area contributed by atoms with Crippen LogP contribution in [0.2, 0.25) is 0 Å². The first-order chi connectivity index (χ1) is 8.45. The summed E-state index contributed by atoms with van der Waals surface area (Å²) in [5.41, 5.74) is 7.07. The smallest absolute Gasteiger partial charge is 0.123 e. The molecule has 2 unspecified atom stereocenters. The SMILES string of the molecule is CCN(CC(C)C)C(c1cccc(F)c1)C(C)N. The lowest BCUT2D eigenvalue weighted by Crippen LogP contribution is -2.41. The van der Waals surface area contributed by atoms with Crippen LogP contribution in [0.25, 0.3) is 0 Å². The normalized spacial score (nSPS) is 15.1. The monoisotopic (exact) mass is 252 g/mol. The highest BCUT2D eigenvalue weighted by Gasteiger charge is 2.23. The summed E-state index contributed by atoms with van der Waals surface area (Å²) in [5.74, 6) is 0.374. The molecule has 18 heavy (non-hydrogen) atoms. The van der Waals surface area contributed by atoms with E-state index in [1.165, 1.54) is 6.07 Å². The van der Waals surface area contributed by atoms with Gasteiger partial charge in [-0.2, -0.15) is 0 Å². The molecule has 0 fully saturated rings. The zero-order valence-electron chi connectivity index (χ0n) is 11.9. The van der Waals surface area contributed by atoms with Crippen LogP contribution in [-0.4, -0.2) is 24.0 Å². The van der Waals surface area contributed by atoms with Gasteiger partial charge in [-0.25, -0.2) is 4.39 Å². The van der Waals surface area contributed by atoms with Crippen LogP contribution in [0.1, 0.15) is 39.3 Å². The van der Waals surface area contributed by atoms with Gasteiger partial charge >= 0.3 is 0 Å². The number of nitrogens with zero attached hydrogens (tertiary/aromatic N) is 1. The highest BCUT2D eigenvalue weighted by Crippen LogP contribution is 2.24. The fourth-order valence-corrected chi connectivity index (χ4v) is 2.45. The Labute approximate surface area is 110 Å². The van der Waals surface area contributed by atoms with Crippen molar-refractivity contribution in [1.29, 1.82) is 0 Å². The summed E-state index contributed by atoms with van der Waals surface area (Å²) in [4.78, 5) is 2.32. The van der Waals surface area contributed by atoms with Gasteiger partial charge in [-0.05, 0) is 37.1 Å². The van der Waals surface area contributed by atoms with E-state index in [-0.39, 0.29) is 17.9 Å². The summed E-state index contributed by atoms with van der Waals surface area (Å²) in [7, 11) is 0. The van der Waals surface area contributed by atoms with Crippen LogP contribution in [0.5, 0.6) is 0 Å². The van der Waals surface area contributed by atoms with E-state index in [1.807, 2.05) is 13.0 Å². The van der Waals surface area contributed by atoms with Crippen molar-refractivity contribution < 1.29 is 4.39 Å². The second-order valence-electron chi connectivity index (χ2n) is 5.34. The molecule has 2 atom stereocenters. The van der Waals surface area contributed by atoms with Crippen molar-refractivity contribution in [2.75, 3.05) is 13.1 Å². The third-order valence-electron chi connectivity index (χ3n) is 3.09. The number of halogens is 1. The van der Waals surface area contributed by atoms with Gasteiger partial charge in [0.25, 0.3) is 0 Å². The Morgan fingerprint density at radius 2 is 1.94 bits per heavy atom. The Bertz CT molecular complexity index is 363. The minimum absolute atomic E-state index is 0.0227. The average Bonchev–Trinajstić information content (AvgIpc) is 2.27. The summed E-state index contributed by atoms with van der Waals surface area (Å²) < 4.78 is 13.4. The largest absolute Gasteiger partial charge is 0.326 e. The fourth-order valence-electron chi connectivity index (χ4n) is 2.45. The minimum atomic E-state index is -0.196. The molecule has 3 heteroatoms. The number of hydrogen-bond donors (Lipinski definition) is 1. The summed E-state index contributed by atoms with van der Waals surface area (Å²) in [6.45, 7) is 10.4. The second-order valence-corrected chi connectivity index (χ2v) is 5.34. The maximum atomic E-state index is 13.4. The van der Waals surface area contributed by atoms with Crippen LogP contribution in [-0.2, 0) is 0 Å². The summed E-state index contributed by atoms with van der Waals surface area (Å²) >= 11 is 0. The van der Waals surface area contributed by atoms with Crippen molar-refractivity contribution in [3.63, 3.8) is 0 Å². The van der Waals surface area contributed by atoms with Gasteiger partial charge in [0.2, 0.25) is 0 Å². The second kappa shape index (κ2) is 6.86. The number of nitrogens with two attached hydrogens (primary N) is 1. The molecule has 0 bridgehead atoms. The van der Waals surface area contributed by atoms with Gasteiger partial charge in [-0.3, -0.25) is 4.90 Å². The molecular weight excluding hydrogens is 227 g/mol. The Morgan fingerprint density at radius 1 is 1.28 bits per heavy atom. The molecule has 102 valence electrons. The van der Waals surface area contributed by atoms with Crippen molar-refractivity contribution in [2.24, 2.45) is 11.7 Å². The number of benzene rings is 1. The molecule has 0 radical (unpaired) electrons. The molecule has 2 nitrogen and oxygen atoms in total. The van der Waals surface area contributed by atoms with Crippen molar-refractivity contribution in [3.05, 3.63) is 35.6 Å². The van der Waals surface area contributed by atoms with Gasteiger partial charge in [-0.15, -0.1) is 0 Å². The predicted molar refractivity (Wildman–Crippen MR) is 74.9 cm³/mol. The van der Waals surface area contributed by atoms with Gasteiger partial charge in [-0.1, -0.05) is 32.9 Å². The van der Waals surface area contributed by atoms with Crippen LogP contribution < -0.4 is 5.73 Å². The molecule has 1 aromatic rings. The van der Waals surface area contributed by atoms with Crippen molar-refractivity contribution in [2.45, 2.75) is 39.8 Å². The summed E-state index contributed by atoms with van der Waals surface area (Å²) in [6, 6.07) is 6.83. The van der Waals surface area contributed by atoms with Crippen LogP contribution in [0.15, 0.2) is 24.3 Å². The maximum absolute atomic E-state index is 13.4. The zero-order valence-corrected chi connectivity index (χ0v) is 11.9. The summed E-state index contributed by atoms with van der Waals surface area (Å²) in [6.07, 6.45) is 0. The molecule has 0 amide bonds. The number of likely N-dealkylation sites (N-methyl/N-ethyl adjacent to an activating group) is 1. The molecular formula is C15H25FN2. The lowest BCUT2D eigenvalue weighted by molar-refractivity contribution is 0.165. The van der Waals surface area contributed by atoms with Gasteiger partial charge in [0.05, 0.1) is 0 Å². The van der Waals surface area contributed by atoms with Gasteiger partial charge < -0.3 is 5.73 Å². The lowest BCUT2D eigenvalue weighted by Gasteiger charge is -2.35. The average molecular weight is 252 g/mol. The summed E-state index contributed by atoms with van der Waals surface area (Å²) in [5, 5.41) is 0. The topological polar surface area (TPSA) is 29.3 Å². The molecule has 1 aromatic carbocycles. The first kappa shape index (κ1) is 15.1. The van der Waals surface area contributed by atoms with E-state index in [1.54, 1.807) is 12.1 Å². The van der Waals surface area contributed by atoms with E-state index >= 15 is 0 Å². The standard InChI is InChI=1S/C15H25FN2/c1-5-18(10-11(2)3)15(12(4)17)13-7-6-8-14(16)9-13/h6-9,11-12,15H,5,10,17H2,1-4H3. The van der Waals surface area contributed by atoms with Crippen LogP contribution in [0.3, 0.4) is 0 Å². The third-order valence-corrected chi connectivity index (χ3v) is 3.09. The molecule has 0 heterocycles. The maximum Gasteiger partial charge on any atom is 0.123 e. The molecule has 0 saturated heterocycles. The highest BCUT2D eigenvalue weighted by molar-refractivity contribution is 5.21. The molecule has 0 aliphatic rings. The molecule has 1 rings (SSSR count). The minimum Gasteiger partial charge on any atom is -0.326 e. The van der Waals surface area contributed by atoms with E-state index < -0.39 is 0 Å². The Balaban J connectivity index is 3.00. The van der Waals surface area contributed by atoms with Crippen molar-refractivity contribution in [3.8, 4) is 0 Å². The first-order valence-corrected chi connectivity index (χ1v) is 6.70. The van der Waals surface area contributed by atoms with Crippen LogP contribution in [0.4, 0.5) is 4.39 Å². The van der Waals surface area contributed by atoms with E-state index in [4.69, 9.17) is 5.73 Å². The fraction of sp³-hybridized carbons (Fsp3) is 0.600.